The second-order valence-corrected chi connectivity index (χ2v) is 9.29. The molecule has 34 heavy (non-hydrogen) atoms. The maximum atomic E-state index is 13.8. The van der Waals surface area contributed by atoms with Gasteiger partial charge in [0.25, 0.3) is 5.91 Å². The first-order valence-corrected chi connectivity index (χ1v) is 11.7. The third-order valence-corrected chi connectivity index (χ3v) is 7.12. The molecule has 1 unspecified atom stereocenters. The molecule has 2 aromatic carbocycles. The minimum absolute atomic E-state index is 0.0187. The monoisotopic (exact) mass is 490 g/mol. The SMILES string of the molecule is Cc1nc(-c2ccccc2)sc1C(=O)C1=C(O)C(=O)N(Cc2ccco2)C1c1ccc(Cl)cc1. The van der Waals surface area contributed by atoms with Crippen molar-refractivity contribution in [1.82, 2.24) is 9.88 Å². The Morgan fingerprint density at radius 1 is 1.12 bits per heavy atom. The molecular weight excluding hydrogens is 472 g/mol. The van der Waals surface area contributed by atoms with Crippen molar-refractivity contribution in [3.05, 3.63) is 111 Å². The number of carbonyl (C=O) groups is 2. The number of rotatable bonds is 6. The molecule has 3 heterocycles. The van der Waals surface area contributed by atoms with Gasteiger partial charge in [0.05, 0.1) is 35.0 Å². The summed E-state index contributed by atoms with van der Waals surface area (Å²) in [5, 5.41) is 12.1. The van der Waals surface area contributed by atoms with Crippen molar-refractivity contribution in [2.24, 2.45) is 0 Å². The molecule has 0 radical (unpaired) electrons. The average molecular weight is 491 g/mol. The van der Waals surface area contributed by atoms with E-state index in [-0.39, 0.29) is 12.1 Å². The summed E-state index contributed by atoms with van der Waals surface area (Å²) in [4.78, 5) is 33.3. The van der Waals surface area contributed by atoms with Crippen LogP contribution in [-0.4, -0.2) is 26.7 Å². The third kappa shape index (κ3) is 3.93. The van der Waals surface area contributed by atoms with E-state index in [9.17, 15) is 14.7 Å². The van der Waals surface area contributed by atoms with E-state index < -0.39 is 23.5 Å². The van der Waals surface area contributed by atoms with E-state index in [1.165, 1.54) is 22.5 Å². The van der Waals surface area contributed by atoms with Crippen LogP contribution in [0.15, 0.2) is 88.7 Å². The number of hydrogen-bond donors (Lipinski definition) is 1. The number of hydrogen-bond acceptors (Lipinski definition) is 6. The Balaban J connectivity index is 1.58. The second kappa shape index (κ2) is 8.93. The van der Waals surface area contributed by atoms with Gasteiger partial charge in [0.1, 0.15) is 10.8 Å². The van der Waals surface area contributed by atoms with Crippen molar-refractivity contribution in [2.45, 2.75) is 19.5 Å². The number of nitrogens with zero attached hydrogens (tertiary/aromatic N) is 2. The van der Waals surface area contributed by atoms with Crippen LogP contribution in [0.2, 0.25) is 5.02 Å². The number of carbonyl (C=O) groups excluding carboxylic acids is 2. The number of furan rings is 1. The fourth-order valence-corrected chi connectivity index (χ4v) is 5.20. The Morgan fingerprint density at radius 3 is 2.53 bits per heavy atom. The molecule has 0 bridgehead atoms. The van der Waals surface area contributed by atoms with Crippen molar-refractivity contribution >= 4 is 34.6 Å². The van der Waals surface area contributed by atoms with E-state index in [0.717, 1.165) is 5.56 Å². The number of aliphatic hydroxyl groups excluding tert-OH is 1. The molecule has 1 aliphatic rings. The minimum Gasteiger partial charge on any atom is -0.503 e. The molecule has 6 nitrogen and oxygen atoms in total. The van der Waals surface area contributed by atoms with Gasteiger partial charge in [-0.05, 0) is 36.8 Å². The molecule has 0 fully saturated rings. The lowest BCUT2D eigenvalue weighted by atomic mass is 9.95. The van der Waals surface area contributed by atoms with Gasteiger partial charge in [-0.25, -0.2) is 4.98 Å². The molecule has 8 heteroatoms. The molecule has 1 N–H and O–H groups in total. The standard InChI is InChI=1S/C26H19ClN2O4S/c1-15-24(34-25(28-15)17-6-3-2-4-7-17)22(30)20-21(16-9-11-18(27)12-10-16)29(26(32)23(20)31)14-19-8-5-13-33-19/h2-13,21,31H,14H2,1H3. The molecule has 0 spiro atoms. The summed E-state index contributed by atoms with van der Waals surface area (Å²) in [6.07, 6.45) is 1.51. The molecular formula is C26H19ClN2O4S. The van der Waals surface area contributed by atoms with Gasteiger partial charge >= 0.3 is 0 Å². The number of aliphatic hydroxyl groups is 1. The van der Waals surface area contributed by atoms with Gasteiger partial charge in [0.15, 0.2) is 5.76 Å². The van der Waals surface area contributed by atoms with E-state index >= 15 is 0 Å². The molecule has 1 aliphatic heterocycles. The van der Waals surface area contributed by atoms with Crippen LogP contribution in [0.4, 0.5) is 0 Å². The molecule has 0 saturated heterocycles. The van der Waals surface area contributed by atoms with E-state index in [4.69, 9.17) is 16.0 Å². The van der Waals surface area contributed by atoms with Gasteiger partial charge in [-0.2, -0.15) is 0 Å². The molecule has 1 atom stereocenters. The van der Waals surface area contributed by atoms with E-state index in [2.05, 4.69) is 4.98 Å². The number of benzene rings is 2. The van der Waals surface area contributed by atoms with Crippen LogP contribution in [0.3, 0.4) is 0 Å². The highest BCUT2D eigenvalue weighted by molar-refractivity contribution is 7.17. The summed E-state index contributed by atoms with van der Waals surface area (Å²) in [6, 6.07) is 19.1. The largest absolute Gasteiger partial charge is 0.503 e. The number of amides is 1. The summed E-state index contributed by atoms with van der Waals surface area (Å²) < 4.78 is 5.43. The van der Waals surface area contributed by atoms with Crippen molar-refractivity contribution < 1.29 is 19.1 Å². The first kappa shape index (κ1) is 22.1. The topological polar surface area (TPSA) is 83.6 Å². The maximum absolute atomic E-state index is 13.8. The molecule has 170 valence electrons. The number of thiazole rings is 1. The second-order valence-electron chi connectivity index (χ2n) is 7.86. The predicted molar refractivity (Wildman–Crippen MR) is 130 cm³/mol. The van der Waals surface area contributed by atoms with Crippen LogP contribution in [-0.2, 0) is 11.3 Å². The summed E-state index contributed by atoms with van der Waals surface area (Å²) >= 11 is 7.32. The van der Waals surface area contributed by atoms with Gasteiger partial charge < -0.3 is 14.4 Å². The van der Waals surface area contributed by atoms with Crippen LogP contribution >= 0.6 is 22.9 Å². The predicted octanol–water partition coefficient (Wildman–Crippen LogP) is 6.14. The van der Waals surface area contributed by atoms with Crippen molar-refractivity contribution in [2.75, 3.05) is 0 Å². The molecule has 5 rings (SSSR count). The number of aryl methyl sites for hydroxylation is 1. The smallest absolute Gasteiger partial charge is 0.290 e. The number of aromatic nitrogens is 1. The van der Waals surface area contributed by atoms with E-state index in [1.807, 2.05) is 30.3 Å². The summed E-state index contributed by atoms with van der Waals surface area (Å²) in [5.74, 6) is -1.09. The lowest BCUT2D eigenvalue weighted by Crippen LogP contribution is -2.30. The lowest BCUT2D eigenvalue weighted by Gasteiger charge is -2.26. The van der Waals surface area contributed by atoms with Crippen LogP contribution in [0, 0.1) is 6.92 Å². The van der Waals surface area contributed by atoms with Crippen molar-refractivity contribution in [1.29, 1.82) is 0 Å². The lowest BCUT2D eigenvalue weighted by molar-refractivity contribution is -0.130. The van der Waals surface area contributed by atoms with Gasteiger partial charge in [0, 0.05) is 10.6 Å². The summed E-state index contributed by atoms with van der Waals surface area (Å²) in [5.41, 5.74) is 2.11. The highest BCUT2D eigenvalue weighted by Gasteiger charge is 2.44. The van der Waals surface area contributed by atoms with Crippen LogP contribution in [0.5, 0.6) is 0 Å². The Kier molecular flexibility index (Phi) is 5.81. The molecule has 0 saturated carbocycles. The molecule has 1 amide bonds. The Bertz CT molecular complexity index is 1390. The Morgan fingerprint density at radius 2 is 1.85 bits per heavy atom. The van der Waals surface area contributed by atoms with Gasteiger partial charge in [-0.15, -0.1) is 11.3 Å². The van der Waals surface area contributed by atoms with Crippen LogP contribution in [0.1, 0.15) is 32.7 Å². The number of ketones is 1. The number of halogens is 1. The first-order chi connectivity index (χ1) is 16.4. The van der Waals surface area contributed by atoms with Crippen molar-refractivity contribution in [3.8, 4) is 10.6 Å². The number of Topliss-reactive ketones (excluding diaryl/α,β-unsaturated/α-hetero) is 1. The Hall–Kier alpha value is -3.68. The van der Waals surface area contributed by atoms with Gasteiger partial charge in [-0.1, -0.05) is 54.1 Å². The molecule has 2 aromatic heterocycles. The van der Waals surface area contributed by atoms with Gasteiger partial charge in [-0.3, -0.25) is 9.59 Å². The average Bonchev–Trinajstić information content (AvgIpc) is 3.56. The first-order valence-electron chi connectivity index (χ1n) is 10.5. The zero-order valence-electron chi connectivity index (χ0n) is 18.1. The normalized spacial score (nSPS) is 15.9. The Labute approximate surface area is 204 Å². The van der Waals surface area contributed by atoms with Gasteiger partial charge in [0.2, 0.25) is 5.78 Å². The fraction of sp³-hybridized carbons (Fsp3) is 0.115. The van der Waals surface area contributed by atoms with Crippen molar-refractivity contribution in [3.63, 3.8) is 0 Å². The molecule has 0 aliphatic carbocycles. The highest BCUT2D eigenvalue weighted by Crippen LogP contribution is 2.42. The van der Waals surface area contributed by atoms with Crippen LogP contribution < -0.4 is 0 Å². The minimum atomic E-state index is -0.802. The van der Waals surface area contributed by atoms with E-state index in [0.29, 0.717) is 31.9 Å². The van der Waals surface area contributed by atoms with E-state index in [1.54, 1.807) is 43.3 Å². The third-order valence-electron chi connectivity index (χ3n) is 5.66. The zero-order chi connectivity index (χ0) is 23.8. The zero-order valence-corrected chi connectivity index (χ0v) is 19.6. The summed E-state index contributed by atoms with van der Waals surface area (Å²) in [7, 11) is 0. The van der Waals surface area contributed by atoms with Crippen LogP contribution in [0.25, 0.3) is 10.6 Å². The maximum Gasteiger partial charge on any atom is 0.290 e. The molecule has 4 aromatic rings. The highest BCUT2D eigenvalue weighted by atomic mass is 35.5. The summed E-state index contributed by atoms with van der Waals surface area (Å²) in [6.45, 7) is 1.85. The quantitative estimate of drug-likeness (QED) is 0.328. The fourth-order valence-electron chi connectivity index (χ4n) is 4.04.